The minimum absolute atomic E-state index is 0.234. The number of rotatable bonds is 3. The van der Waals surface area contributed by atoms with Crippen molar-refractivity contribution in [3.63, 3.8) is 0 Å². The van der Waals surface area contributed by atoms with Crippen molar-refractivity contribution < 1.29 is 9.90 Å². The predicted octanol–water partition coefficient (Wildman–Crippen LogP) is 0.311. The van der Waals surface area contributed by atoms with Gasteiger partial charge in [0, 0.05) is 39.1 Å². The smallest absolute Gasteiger partial charge is 0.222 e. The molecule has 0 aliphatic carbocycles. The molecule has 1 heterocycles. The average Bonchev–Trinajstić information content (AvgIpc) is 2.15. The van der Waals surface area contributed by atoms with E-state index in [1.807, 2.05) is 25.7 Å². The van der Waals surface area contributed by atoms with Gasteiger partial charge in [0.05, 0.1) is 5.60 Å². The molecule has 0 bridgehead atoms. The van der Waals surface area contributed by atoms with Crippen LogP contribution >= 0.6 is 0 Å². The standard InChI is InChI=1S/C11H22N2O2/c1-4-10(14)13-7-5-12(6-8-13)9-11(2,3)15/h15H,4-9H2,1-3H3. The molecule has 15 heavy (non-hydrogen) atoms. The predicted molar refractivity (Wildman–Crippen MR) is 59.6 cm³/mol. The van der Waals surface area contributed by atoms with Gasteiger partial charge in [0.2, 0.25) is 5.91 Å². The summed E-state index contributed by atoms with van der Waals surface area (Å²) in [4.78, 5) is 15.5. The molecule has 4 heteroatoms. The highest BCUT2D eigenvalue weighted by atomic mass is 16.3. The first-order valence-corrected chi connectivity index (χ1v) is 5.65. The molecule has 0 radical (unpaired) electrons. The fourth-order valence-corrected chi connectivity index (χ4v) is 1.93. The topological polar surface area (TPSA) is 43.8 Å². The molecule has 0 atom stereocenters. The summed E-state index contributed by atoms with van der Waals surface area (Å²) in [7, 11) is 0. The lowest BCUT2D eigenvalue weighted by molar-refractivity contribution is -0.132. The van der Waals surface area contributed by atoms with E-state index in [4.69, 9.17) is 0 Å². The highest BCUT2D eigenvalue weighted by Crippen LogP contribution is 2.09. The van der Waals surface area contributed by atoms with Crippen molar-refractivity contribution in [2.24, 2.45) is 0 Å². The van der Waals surface area contributed by atoms with E-state index in [2.05, 4.69) is 4.90 Å². The fraction of sp³-hybridized carbons (Fsp3) is 0.909. The molecular formula is C11H22N2O2. The first-order chi connectivity index (χ1) is 6.92. The van der Waals surface area contributed by atoms with Crippen molar-refractivity contribution in [2.75, 3.05) is 32.7 Å². The number of carbonyl (C=O) groups is 1. The summed E-state index contributed by atoms with van der Waals surface area (Å²) in [5, 5.41) is 9.67. The van der Waals surface area contributed by atoms with E-state index in [9.17, 15) is 9.90 Å². The number of hydrogen-bond acceptors (Lipinski definition) is 3. The molecule has 88 valence electrons. The molecular weight excluding hydrogens is 192 g/mol. The SMILES string of the molecule is CCC(=O)N1CCN(CC(C)(C)O)CC1. The summed E-state index contributed by atoms with van der Waals surface area (Å²) in [6.07, 6.45) is 0.589. The second-order valence-corrected chi connectivity index (χ2v) is 4.82. The first kappa shape index (κ1) is 12.5. The van der Waals surface area contributed by atoms with E-state index in [-0.39, 0.29) is 5.91 Å². The summed E-state index contributed by atoms with van der Waals surface area (Å²) in [6.45, 7) is 9.54. The molecule has 0 spiro atoms. The van der Waals surface area contributed by atoms with E-state index in [1.165, 1.54) is 0 Å². The van der Waals surface area contributed by atoms with Gasteiger partial charge in [0.15, 0.2) is 0 Å². The van der Waals surface area contributed by atoms with Crippen LogP contribution in [0.25, 0.3) is 0 Å². The Morgan fingerprint density at radius 1 is 1.27 bits per heavy atom. The first-order valence-electron chi connectivity index (χ1n) is 5.65. The lowest BCUT2D eigenvalue weighted by Crippen LogP contribution is -2.51. The average molecular weight is 214 g/mol. The van der Waals surface area contributed by atoms with E-state index >= 15 is 0 Å². The van der Waals surface area contributed by atoms with Crippen molar-refractivity contribution in [3.05, 3.63) is 0 Å². The number of aliphatic hydroxyl groups is 1. The third-order valence-corrected chi connectivity index (χ3v) is 2.64. The summed E-state index contributed by atoms with van der Waals surface area (Å²) < 4.78 is 0. The zero-order valence-electron chi connectivity index (χ0n) is 9.99. The molecule has 4 nitrogen and oxygen atoms in total. The number of carbonyl (C=O) groups excluding carboxylic acids is 1. The van der Waals surface area contributed by atoms with Gasteiger partial charge >= 0.3 is 0 Å². The molecule has 1 aliphatic heterocycles. The summed E-state index contributed by atoms with van der Waals surface area (Å²) >= 11 is 0. The van der Waals surface area contributed by atoms with Crippen molar-refractivity contribution >= 4 is 5.91 Å². The Labute approximate surface area is 91.9 Å². The van der Waals surface area contributed by atoms with Crippen LogP contribution in [0.15, 0.2) is 0 Å². The Bertz CT molecular complexity index is 215. The van der Waals surface area contributed by atoms with Crippen molar-refractivity contribution in [1.29, 1.82) is 0 Å². The van der Waals surface area contributed by atoms with Gasteiger partial charge in [-0.05, 0) is 13.8 Å². The molecule has 1 rings (SSSR count). The molecule has 0 saturated carbocycles. The van der Waals surface area contributed by atoms with Crippen molar-refractivity contribution in [3.8, 4) is 0 Å². The Morgan fingerprint density at radius 3 is 2.20 bits per heavy atom. The molecule has 1 amide bonds. The molecule has 1 saturated heterocycles. The second kappa shape index (κ2) is 4.94. The Morgan fingerprint density at radius 2 is 1.80 bits per heavy atom. The van der Waals surface area contributed by atoms with Crippen LogP contribution in [0.3, 0.4) is 0 Å². The Kier molecular flexibility index (Phi) is 4.11. The molecule has 1 fully saturated rings. The van der Waals surface area contributed by atoms with Crippen LogP contribution in [0.4, 0.5) is 0 Å². The van der Waals surface area contributed by atoms with Crippen LogP contribution in [-0.2, 0) is 4.79 Å². The highest BCUT2D eigenvalue weighted by Gasteiger charge is 2.23. The van der Waals surface area contributed by atoms with Gasteiger partial charge in [-0.25, -0.2) is 0 Å². The largest absolute Gasteiger partial charge is 0.389 e. The van der Waals surface area contributed by atoms with Gasteiger partial charge < -0.3 is 10.0 Å². The minimum atomic E-state index is -0.642. The maximum atomic E-state index is 11.4. The minimum Gasteiger partial charge on any atom is -0.389 e. The van der Waals surface area contributed by atoms with Gasteiger partial charge in [-0.15, -0.1) is 0 Å². The molecule has 1 aliphatic rings. The zero-order valence-corrected chi connectivity index (χ0v) is 9.99. The van der Waals surface area contributed by atoms with E-state index in [0.717, 1.165) is 26.2 Å². The van der Waals surface area contributed by atoms with Crippen molar-refractivity contribution in [2.45, 2.75) is 32.8 Å². The summed E-state index contributed by atoms with van der Waals surface area (Å²) in [5.41, 5.74) is -0.642. The van der Waals surface area contributed by atoms with Crippen LogP contribution in [0.1, 0.15) is 27.2 Å². The third-order valence-electron chi connectivity index (χ3n) is 2.64. The summed E-state index contributed by atoms with van der Waals surface area (Å²) in [5.74, 6) is 0.234. The quantitative estimate of drug-likeness (QED) is 0.735. The number of nitrogens with zero attached hydrogens (tertiary/aromatic N) is 2. The third kappa shape index (κ3) is 4.18. The lowest BCUT2D eigenvalue weighted by atomic mass is 10.1. The molecule has 0 unspecified atom stereocenters. The van der Waals surface area contributed by atoms with E-state index in [0.29, 0.717) is 13.0 Å². The molecule has 1 N–H and O–H groups in total. The normalized spacial score (nSPS) is 19.3. The fourth-order valence-electron chi connectivity index (χ4n) is 1.93. The van der Waals surface area contributed by atoms with Crippen LogP contribution in [-0.4, -0.2) is 59.1 Å². The number of piperazine rings is 1. The Balaban J connectivity index is 2.33. The van der Waals surface area contributed by atoms with Crippen LogP contribution < -0.4 is 0 Å². The van der Waals surface area contributed by atoms with E-state index in [1.54, 1.807) is 0 Å². The van der Waals surface area contributed by atoms with Crippen LogP contribution in [0.5, 0.6) is 0 Å². The van der Waals surface area contributed by atoms with Gasteiger partial charge in [0.1, 0.15) is 0 Å². The number of hydrogen-bond donors (Lipinski definition) is 1. The maximum absolute atomic E-state index is 11.4. The lowest BCUT2D eigenvalue weighted by Gasteiger charge is -2.37. The van der Waals surface area contributed by atoms with Gasteiger partial charge in [-0.1, -0.05) is 6.92 Å². The number of β-amino-alcohol motifs (C(OH)–C–C–N with tert-alkyl or cyclic N) is 1. The molecule has 0 aromatic carbocycles. The van der Waals surface area contributed by atoms with Crippen LogP contribution in [0.2, 0.25) is 0 Å². The zero-order chi connectivity index (χ0) is 11.5. The molecule has 0 aromatic heterocycles. The molecule has 0 aromatic rings. The van der Waals surface area contributed by atoms with Gasteiger partial charge in [0.25, 0.3) is 0 Å². The Hall–Kier alpha value is -0.610. The van der Waals surface area contributed by atoms with Crippen LogP contribution in [0, 0.1) is 0 Å². The van der Waals surface area contributed by atoms with Gasteiger partial charge in [-0.3, -0.25) is 9.69 Å². The summed E-state index contributed by atoms with van der Waals surface area (Å²) in [6, 6.07) is 0. The van der Waals surface area contributed by atoms with Gasteiger partial charge in [-0.2, -0.15) is 0 Å². The number of amides is 1. The van der Waals surface area contributed by atoms with E-state index < -0.39 is 5.60 Å². The second-order valence-electron chi connectivity index (χ2n) is 4.82. The monoisotopic (exact) mass is 214 g/mol. The maximum Gasteiger partial charge on any atom is 0.222 e. The van der Waals surface area contributed by atoms with Crippen molar-refractivity contribution in [1.82, 2.24) is 9.80 Å². The highest BCUT2D eigenvalue weighted by molar-refractivity contribution is 5.75.